The first-order chi connectivity index (χ1) is 19.0. The molecule has 194 valence electrons. The van der Waals surface area contributed by atoms with Crippen molar-refractivity contribution in [2.45, 2.75) is 19.4 Å². The molecule has 2 aromatic carbocycles. The van der Waals surface area contributed by atoms with E-state index in [4.69, 9.17) is 15.5 Å². The van der Waals surface area contributed by atoms with Gasteiger partial charge >= 0.3 is 0 Å². The summed E-state index contributed by atoms with van der Waals surface area (Å²) in [6.45, 7) is 3.06. The van der Waals surface area contributed by atoms with E-state index in [1.165, 1.54) is 9.08 Å². The fraction of sp³-hybridized carbons (Fsp3) is 0.207. The molecular weight excluding hydrogens is 494 g/mol. The zero-order valence-electron chi connectivity index (χ0n) is 21.2. The number of fused-ring (bicyclic) bond motifs is 2. The molecule has 0 bridgehead atoms. The van der Waals surface area contributed by atoms with Crippen LogP contribution in [0.5, 0.6) is 0 Å². The maximum absolute atomic E-state index is 14.1. The van der Waals surface area contributed by atoms with E-state index in [-0.39, 0.29) is 22.9 Å². The quantitative estimate of drug-likeness (QED) is 0.349. The van der Waals surface area contributed by atoms with Crippen LogP contribution in [0, 0.1) is 17.8 Å². The Morgan fingerprint density at radius 1 is 1.18 bits per heavy atom. The lowest BCUT2D eigenvalue weighted by molar-refractivity contribution is 0.0940. The first-order valence-electron chi connectivity index (χ1n) is 12.6. The molecule has 1 fully saturated rings. The second-order valence-corrected chi connectivity index (χ2v) is 9.32. The molecule has 1 amide bonds. The van der Waals surface area contributed by atoms with Crippen LogP contribution >= 0.6 is 0 Å². The number of nitrogens with one attached hydrogen (secondary N) is 1. The van der Waals surface area contributed by atoms with E-state index >= 15 is 0 Å². The van der Waals surface area contributed by atoms with Gasteiger partial charge in [0.05, 0.1) is 29.2 Å². The molecule has 6 rings (SSSR count). The Hall–Kier alpha value is -5.01. The van der Waals surface area contributed by atoms with Crippen molar-refractivity contribution in [2.24, 2.45) is 5.92 Å². The Labute approximate surface area is 223 Å². The highest BCUT2D eigenvalue weighted by atomic mass is 16.5. The number of anilines is 1. The number of nitrogens with zero attached hydrogens (tertiary/aromatic N) is 5. The molecule has 1 saturated heterocycles. The minimum Gasteiger partial charge on any atom is -0.381 e. The van der Waals surface area contributed by atoms with Crippen molar-refractivity contribution >= 4 is 28.3 Å². The van der Waals surface area contributed by atoms with Crippen molar-refractivity contribution in [3.63, 3.8) is 0 Å². The van der Waals surface area contributed by atoms with Gasteiger partial charge in [-0.3, -0.25) is 14.2 Å². The Balaban J connectivity index is 1.46. The van der Waals surface area contributed by atoms with Gasteiger partial charge < -0.3 is 15.8 Å². The van der Waals surface area contributed by atoms with Crippen LogP contribution in [0.15, 0.2) is 71.8 Å². The summed E-state index contributed by atoms with van der Waals surface area (Å²) in [4.78, 5) is 36.6. The minimum absolute atomic E-state index is 0.0567. The van der Waals surface area contributed by atoms with E-state index in [1.54, 1.807) is 31.5 Å². The molecule has 0 saturated carbocycles. The van der Waals surface area contributed by atoms with Gasteiger partial charge in [0.25, 0.3) is 11.5 Å². The van der Waals surface area contributed by atoms with E-state index in [9.17, 15) is 9.59 Å². The number of carbonyl (C=O) groups excluding carboxylic acids is 1. The summed E-state index contributed by atoms with van der Waals surface area (Å²) in [6, 6.07) is 15.7. The number of nitrogen functional groups attached to an aromatic ring is 1. The first-order valence-corrected chi connectivity index (χ1v) is 12.6. The smallest absolute Gasteiger partial charge is 0.267 e. The zero-order chi connectivity index (χ0) is 26.9. The number of ether oxygens (including phenoxy) is 1. The lowest BCUT2D eigenvalue weighted by atomic mass is 10.1. The summed E-state index contributed by atoms with van der Waals surface area (Å²) < 4.78 is 8.40. The Kier molecular flexibility index (Phi) is 6.26. The predicted octanol–water partition coefficient (Wildman–Crippen LogP) is 2.89. The van der Waals surface area contributed by atoms with Crippen molar-refractivity contribution in [2.75, 3.05) is 18.9 Å². The van der Waals surface area contributed by atoms with Crippen LogP contribution < -0.4 is 16.6 Å². The molecule has 5 aromatic rings. The van der Waals surface area contributed by atoms with Crippen LogP contribution in [0.2, 0.25) is 0 Å². The number of benzene rings is 2. The second-order valence-electron chi connectivity index (χ2n) is 9.32. The summed E-state index contributed by atoms with van der Waals surface area (Å²) in [5.41, 5.74) is 8.00. The molecule has 0 radical (unpaired) electrons. The predicted molar refractivity (Wildman–Crippen MR) is 146 cm³/mol. The summed E-state index contributed by atoms with van der Waals surface area (Å²) in [7, 11) is 0. The largest absolute Gasteiger partial charge is 0.381 e. The van der Waals surface area contributed by atoms with Crippen LogP contribution in [0.1, 0.15) is 41.1 Å². The van der Waals surface area contributed by atoms with E-state index in [0.29, 0.717) is 46.8 Å². The highest BCUT2D eigenvalue weighted by Gasteiger charge is 2.25. The summed E-state index contributed by atoms with van der Waals surface area (Å²) >= 11 is 0. The van der Waals surface area contributed by atoms with Crippen molar-refractivity contribution in [1.82, 2.24) is 29.5 Å². The fourth-order valence-corrected chi connectivity index (χ4v) is 4.75. The molecule has 39 heavy (non-hydrogen) atoms. The van der Waals surface area contributed by atoms with Gasteiger partial charge in [-0.15, -0.1) is 5.10 Å². The molecule has 2 unspecified atom stereocenters. The molecule has 3 aromatic heterocycles. The standard InChI is InChI=1S/C29H25N7O3/c1-18(32-28(37)24-25(30)34-35-15-6-14-31-27(24)35)26-33-22-10-5-7-20(12-11-19-13-16-39-17-19)23(22)29(38)36(26)21-8-3-2-4-9-21/h2-10,14-15,18-19H,13,16-17H2,1H3,(H2,30,34)(H,32,37). The molecular formula is C29H25N7O3. The van der Waals surface area contributed by atoms with Gasteiger partial charge in [-0.2, -0.15) is 0 Å². The Morgan fingerprint density at radius 3 is 2.82 bits per heavy atom. The third-order valence-electron chi connectivity index (χ3n) is 6.66. The monoisotopic (exact) mass is 519 g/mol. The molecule has 2 atom stereocenters. The maximum Gasteiger partial charge on any atom is 0.267 e. The van der Waals surface area contributed by atoms with Gasteiger partial charge in [0.2, 0.25) is 0 Å². The van der Waals surface area contributed by atoms with E-state index < -0.39 is 11.9 Å². The molecule has 3 N–H and O–H groups in total. The zero-order valence-corrected chi connectivity index (χ0v) is 21.2. The van der Waals surface area contributed by atoms with Gasteiger partial charge in [-0.05, 0) is 43.7 Å². The van der Waals surface area contributed by atoms with Crippen LogP contribution in [0.3, 0.4) is 0 Å². The molecule has 1 aliphatic heterocycles. The van der Waals surface area contributed by atoms with Gasteiger partial charge in [0, 0.05) is 30.5 Å². The number of rotatable bonds is 4. The average Bonchev–Trinajstić information content (AvgIpc) is 3.59. The van der Waals surface area contributed by atoms with E-state index in [1.807, 2.05) is 42.5 Å². The van der Waals surface area contributed by atoms with E-state index in [0.717, 1.165) is 6.42 Å². The van der Waals surface area contributed by atoms with Crippen molar-refractivity contribution in [3.05, 3.63) is 94.3 Å². The van der Waals surface area contributed by atoms with Crippen molar-refractivity contribution < 1.29 is 9.53 Å². The van der Waals surface area contributed by atoms with Crippen LogP contribution in [-0.2, 0) is 4.74 Å². The second kappa shape index (κ2) is 10.0. The summed E-state index contributed by atoms with van der Waals surface area (Å²) in [5, 5.41) is 7.53. The van der Waals surface area contributed by atoms with E-state index in [2.05, 4.69) is 27.2 Å². The average molecular weight is 520 g/mol. The Morgan fingerprint density at radius 2 is 2.03 bits per heavy atom. The molecule has 10 heteroatoms. The number of nitrogens with two attached hydrogens (primary N) is 1. The van der Waals surface area contributed by atoms with Gasteiger partial charge in [0.15, 0.2) is 11.5 Å². The van der Waals surface area contributed by atoms with Crippen LogP contribution in [0.25, 0.3) is 22.2 Å². The molecule has 10 nitrogen and oxygen atoms in total. The van der Waals surface area contributed by atoms with Crippen molar-refractivity contribution in [1.29, 1.82) is 0 Å². The number of hydrogen-bond acceptors (Lipinski definition) is 7. The molecule has 0 aliphatic carbocycles. The van der Waals surface area contributed by atoms with Crippen LogP contribution in [-0.4, -0.2) is 43.3 Å². The first kappa shape index (κ1) is 24.3. The SMILES string of the molecule is CC(NC(=O)c1c(N)nn2cccnc12)c1nc2cccc(C#CC3CCOC3)c2c(=O)n1-c1ccccc1. The number of para-hydroxylation sites is 1. The van der Waals surface area contributed by atoms with Gasteiger partial charge in [-0.1, -0.05) is 36.1 Å². The molecule has 4 heterocycles. The van der Waals surface area contributed by atoms with Crippen LogP contribution in [0.4, 0.5) is 5.82 Å². The highest BCUT2D eigenvalue weighted by Crippen LogP contribution is 2.22. The number of hydrogen-bond donors (Lipinski definition) is 2. The summed E-state index contributed by atoms with van der Waals surface area (Å²) in [5.74, 6) is 6.52. The number of aromatic nitrogens is 5. The minimum atomic E-state index is -0.668. The van der Waals surface area contributed by atoms with Gasteiger partial charge in [0.1, 0.15) is 11.4 Å². The lowest BCUT2D eigenvalue weighted by Gasteiger charge is -2.20. The third-order valence-corrected chi connectivity index (χ3v) is 6.66. The normalized spacial score (nSPS) is 15.7. The number of carbonyl (C=O) groups is 1. The third kappa shape index (κ3) is 4.49. The molecule has 0 spiro atoms. The topological polar surface area (TPSA) is 129 Å². The lowest BCUT2D eigenvalue weighted by Crippen LogP contribution is -2.33. The fourth-order valence-electron chi connectivity index (χ4n) is 4.75. The maximum atomic E-state index is 14.1. The number of amides is 1. The summed E-state index contributed by atoms with van der Waals surface area (Å²) in [6.07, 6.45) is 4.10. The molecule has 1 aliphatic rings. The van der Waals surface area contributed by atoms with Gasteiger partial charge in [-0.25, -0.2) is 14.5 Å². The van der Waals surface area contributed by atoms with Crippen molar-refractivity contribution in [3.8, 4) is 17.5 Å². The Bertz CT molecular complexity index is 1830. The highest BCUT2D eigenvalue weighted by molar-refractivity contribution is 6.04.